The van der Waals surface area contributed by atoms with E-state index in [-0.39, 0.29) is 0 Å². The molecule has 0 bridgehead atoms. The highest BCUT2D eigenvalue weighted by molar-refractivity contribution is 5.52. The average Bonchev–Trinajstić information content (AvgIpc) is 3.00. The molecule has 1 fully saturated rings. The molecule has 5 nitrogen and oxygen atoms in total. The summed E-state index contributed by atoms with van der Waals surface area (Å²) in [6.07, 6.45) is 10.7. The highest BCUT2D eigenvalue weighted by Gasteiger charge is 2.21. The SMILES string of the molecule is Cc1ccncc1CN1CCOCC(Cc2nccn3cccc23)C1. The fraction of sp³-hybridized carbons (Fsp3) is 0.400. The third-order valence-corrected chi connectivity index (χ3v) is 4.98. The molecule has 4 heterocycles. The van der Waals surface area contributed by atoms with Gasteiger partial charge in [-0.25, -0.2) is 0 Å². The fourth-order valence-electron chi connectivity index (χ4n) is 3.58. The van der Waals surface area contributed by atoms with Gasteiger partial charge in [0.25, 0.3) is 0 Å². The summed E-state index contributed by atoms with van der Waals surface area (Å²) >= 11 is 0. The van der Waals surface area contributed by atoms with Crippen LogP contribution >= 0.6 is 0 Å². The van der Waals surface area contributed by atoms with Crippen molar-refractivity contribution in [1.82, 2.24) is 19.3 Å². The van der Waals surface area contributed by atoms with E-state index < -0.39 is 0 Å². The Bertz CT molecular complexity index is 844. The van der Waals surface area contributed by atoms with Gasteiger partial charge in [0.2, 0.25) is 0 Å². The molecule has 1 aliphatic rings. The molecule has 25 heavy (non-hydrogen) atoms. The Labute approximate surface area is 148 Å². The Balaban J connectivity index is 1.48. The van der Waals surface area contributed by atoms with E-state index in [1.165, 1.54) is 16.6 Å². The van der Waals surface area contributed by atoms with Crippen LogP contribution in [-0.2, 0) is 17.7 Å². The molecule has 3 aromatic heterocycles. The van der Waals surface area contributed by atoms with E-state index in [0.717, 1.165) is 45.0 Å². The molecule has 1 unspecified atom stereocenters. The van der Waals surface area contributed by atoms with Crippen LogP contribution in [0.5, 0.6) is 0 Å². The van der Waals surface area contributed by atoms with Gasteiger partial charge in [0, 0.05) is 56.5 Å². The number of ether oxygens (including phenoxy) is 1. The van der Waals surface area contributed by atoms with Gasteiger partial charge in [-0.05, 0) is 42.7 Å². The number of hydrogen-bond donors (Lipinski definition) is 0. The van der Waals surface area contributed by atoms with E-state index in [1.807, 2.05) is 24.8 Å². The lowest BCUT2D eigenvalue weighted by atomic mass is 10.0. The number of pyridine rings is 1. The standard InChI is InChI=1S/C20H24N4O/c1-16-4-5-21-12-18(16)14-23-9-10-25-15-17(13-23)11-19-20-3-2-7-24(20)8-6-22-19/h2-8,12,17H,9-11,13-15H2,1H3. The summed E-state index contributed by atoms with van der Waals surface area (Å²) in [4.78, 5) is 11.4. The van der Waals surface area contributed by atoms with Crippen LogP contribution in [0.2, 0.25) is 0 Å². The van der Waals surface area contributed by atoms with Gasteiger partial charge in [-0.1, -0.05) is 0 Å². The van der Waals surface area contributed by atoms with E-state index in [9.17, 15) is 0 Å². The van der Waals surface area contributed by atoms with Crippen molar-refractivity contribution in [3.8, 4) is 0 Å². The Morgan fingerprint density at radius 3 is 3.12 bits per heavy atom. The Hall–Kier alpha value is -2.24. The molecule has 1 saturated heterocycles. The predicted molar refractivity (Wildman–Crippen MR) is 97.5 cm³/mol. The van der Waals surface area contributed by atoms with Crippen LogP contribution in [0.4, 0.5) is 0 Å². The molecule has 0 radical (unpaired) electrons. The molecule has 0 aliphatic carbocycles. The second-order valence-electron chi connectivity index (χ2n) is 6.86. The summed E-state index contributed by atoms with van der Waals surface area (Å²) in [6, 6.07) is 6.29. The van der Waals surface area contributed by atoms with Crippen molar-refractivity contribution in [1.29, 1.82) is 0 Å². The molecule has 1 aliphatic heterocycles. The first-order valence-corrected chi connectivity index (χ1v) is 8.90. The first-order chi connectivity index (χ1) is 12.3. The zero-order valence-corrected chi connectivity index (χ0v) is 14.6. The molecule has 1 atom stereocenters. The van der Waals surface area contributed by atoms with Crippen molar-refractivity contribution in [2.75, 3.05) is 26.3 Å². The summed E-state index contributed by atoms with van der Waals surface area (Å²) in [5.74, 6) is 0.452. The highest BCUT2D eigenvalue weighted by Crippen LogP contribution is 2.18. The smallest absolute Gasteiger partial charge is 0.0666 e. The van der Waals surface area contributed by atoms with Gasteiger partial charge in [-0.15, -0.1) is 0 Å². The monoisotopic (exact) mass is 336 g/mol. The van der Waals surface area contributed by atoms with E-state index in [4.69, 9.17) is 4.74 Å². The largest absolute Gasteiger partial charge is 0.380 e. The molecule has 0 aromatic carbocycles. The summed E-state index contributed by atoms with van der Waals surface area (Å²) in [5, 5.41) is 0. The van der Waals surface area contributed by atoms with Crippen LogP contribution in [0.3, 0.4) is 0 Å². The molecule has 0 N–H and O–H groups in total. The first kappa shape index (κ1) is 16.2. The molecule has 0 amide bonds. The molecule has 130 valence electrons. The molecular weight excluding hydrogens is 312 g/mol. The average molecular weight is 336 g/mol. The summed E-state index contributed by atoms with van der Waals surface area (Å²) in [5.41, 5.74) is 4.95. The summed E-state index contributed by atoms with van der Waals surface area (Å²) in [6.45, 7) is 6.66. The molecular formula is C20H24N4O. The second-order valence-corrected chi connectivity index (χ2v) is 6.86. The van der Waals surface area contributed by atoms with E-state index in [0.29, 0.717) is 5.92 Å². The number of hydrogen-bond acceptors (Lipinski definition) is 4. The topological polar surface area (TPSA) is 42.7 Å². The van der Waals surface area contributed by atoms with Gasteiger partial charge in [-0.3, -0.25) is 14.9 Å². The minimum atomic E-state index is 0.452. The van der Waals surface area contributed by atoms with E-state index in [1.54, 1.807) is 0 Å². The Kier molecular flexibility index (Phi) is 4.76. The van der Waals surface area contributed by atoms with Gasteiger partial charge >= 0.3 is 0 Å². The fourth-order valence-corrected chi connectivity index (χ4v) is 3.58. The maximum Gasteiger partial charge on any atom is 0.0666 e. The first-order valence-electron chi connectivity index (χ1n) is 8.90. The molecule has 0 spiro atoms. The summed E-state index contributed by atoms with van der Waals surface area (Å²) in [7, 11) is 0. The molecule has 3 aromatic rings. The van der Waals surface area contributed by atoms with Crippen LogP contribution in [0.25, 0.3) is 5.52 Å². The zero-order valence-electron chi connectivity index (χ0n) is 14.6. The Morgan fingerprint density at radius 2 is 2.20 bits per heavy atom. The van der Waals surface area contributed by atoms with Crippen molar-refractivity contribution in [2.24, 2.45) is 5.92 Å². The van der Waals surface area contributed by atoms with Crippen molar-refractivity contribution in [3.05, 3.63) is 66.0 Å². The molecule has 5 heteroatoms. The maximum atomic E-state index is 5.88. The van der Waals surface area contributed by atoms with Gasteiger partial charge in [0.05, 0.1) is 24.4 Å². The predicted octanol–water partition coefficient (Wildman–Crippen LogP) is 2.73. The third-order valence-electron chi connectivity index (χ3n) is 4.98. The lowest BCUT2D eigenvalue weighted by Crippen LogP contribution is -2.31. The lowest BCUT2D eigenvalue weighted by molar-refractivity contribution is 0.121. The minimum absolute atomic E-state index is 0.452. The minimum Gasteiger partial charge on any atom is -0.380 e. The maximum absolute atomic E-state index is 5.88. The van der Waals surface area contributed by atoms with Gasteiger partial charge in [0.15, 0.2) is 0 Å². The van der Waals surface area contributed by atoms with Crippen LogP contribution < -0.4 is 0 Å². The van der Waals surface area contributed by atoms with Crippen LogP contribution in [0, 0.1) is 12.8 Å². The van der Waals surface area contributed by atoms with Crippen molar-refractivity contribution >= 4 is 5.52 Å². The van der Waals surface area contributed by atoms with E-state index in [2.05, 4.69) is 50.6 Å². The number of aromatic nitrogens is 3. The van der Waals surface area contributed by atoms with Gasteiger partial charge in [-0.2, -0.15) is 0 Å². The normalized spacial score (nSPS) is 19.2. The van der Waals surface area contributed by atoms with Crippen molar-refractivity contribution in [2.45, 2.75) is 19.9 Å². The quantitative estimate of drug-likeness (QED) is 0.735. The van der Waals surface area contributed by atoms with E-state index >= 15 is 0 Å². The summed E-state index contributed by atoms with van der Waals surface area (Å²) < 4.78 is 8.01. The third kappa shape index (κ3) is 3.72. The zero-order chi connectivity index (χ0) is 17.1. The van der Waals surface area contributed by atoms with Crippen molar-refractivity contribution < 1.29 is 4.74 Å². The van der Waals surface area contributed by atoms with Crippen molar-refractivity contribution in [3.63, 3.8) is 0 Å². The number of rotatable bonds is 4. The van der Waals surface area contributed by atoms with Gasteiger partial charge in [0.1, 0.15) is 0 Å². The Morgan fingerprint density at radius 1 is 1.24 bits per heavy atom. The highest BCUT2D eigenvalue weighted by atomic mass is 16.5. The molecule has 0 saturated carbocycles. The van der Waals surface area contributed by atoms with Crippen LogP contribution in [-0.4, -0.2) is 45.6 Å². The van der Waals surface area contributed by atoms with Crippen LogP contribution in [0.1, 0.15) is 16.8 Å². The molecule has 4 rings (SSSR count). The second kappa shape index (κ2) is 7.33. The number of nitrogens with zero attached hydrogens (tertiary/aromatic N) is 4. The number of fused-ring (bicyclic) bond motifs is 1. The van der Waals surface area contributed by atoms with Crippen LogP contribution in [0.15, 0.2) is 49.2 Å². The van der Waals surface area contributed by atoms with Gasteiger partial charge < -0.3 is 9.14 Å². The number of aryl methyl sites for hydroxylation is 1. The lowest BCUT2D eigenvalue weighted by Gasteiger charge is -2.24.